The van der Waals surface area contributed by atoms with E-state index in [4.69, 9.17) is 5.11 Å². The molecule has 2 aromatic heterocycles. The summed E-state index contributed by atoms with van der Waals surface area (Å²) in [5, 5.41) is 14.1. The normalized spacial score (nSPS) is 19.1. The summed E-state index contributed by atoms with van der Waals surface area (Å²) in [6.07, 6.45) is 2.20. The van der Waals surface area contributed by atoms with Crippen LogP contribution in [0.4, 0.5) is 5.13 Å². The second-order valence-corrected chi connectivity index (χ2v) is 6.08. The van der Waals surface area contributed by atoms with Crippen LogP contribution in [0.2, 0.25) is 0 Å². The summed E-state index contributed by atoms with van der Waals surface area (Å²) in [6, 6.07) is 1.49. The number of carbonyl (C=O) groups is 1. The van der Waals surface area contributed by atoms with Gasteiger partial charge in [0.15, 0.2) is 0 Å². The van der Waals surface area contributed by atoms with Gasteiger partial charge >= 0.3 is 5.97 Å². The maximum absolute atomic E-state index is 12.0. The van der Waals surface area contributed by atoms with Gasteiger partial charge in [0.05, 0.1) is 5.92 Å². The highest BCUT2D eigenvalue weighted by molar-refractivity contribution is 7.20. The third kappa shape index (κ3) is 2.63. The molecule has 3 rings (SSSR count). The second kappa shape index (κ2) is 5.44. The number of aryl methyl sites for hydroxylation is 1. The first-order valence-corrected chi connectivity index (χ1v) is 7.77. The van der Waals surface area contributed by atoms with Gasteiger partial charge in [0, 0.05) is 24.8 Å². The van der Waals surface area contributed by atoms with Gasteiger partial charge in [-0.05, 0) is 19.3 Å². The Labute approximate surface area is 124 Å². The van der Waals surface area contributed by atoms with E-state index in [1.54, 1.807) is 0 Å². The van der Waals surface area contributed by atoms with E-state index in [9.17, 15) is 9.59 Å². The Kier molecular flexibility index (Phi) is 3.62. The average molecular weight is 308 g/mol. The molecule has 0 radical (unpaired) electrons. The molecule has 0 spiro atoms. The molecule has 1 saturated heterocycles. The van der Waals surface area contributed by atoms with E-state index in [1.165, 1.54) is 21.9 Å². The zero-order chi connectivity index (χ0) is 15.0. The number of aliphatic carboxylic acids is 1. The fourth-order valence-corrected chi connectivity index (χ4v) is 3.47. The van der Waals surface area contributed by atoms with E-state index in [-0.39, 0.29) is 11.5 Å². The molecule has 1 N–H and O–H groups in total. The molecule has 21 heavy (non-hydrogen) atoms. The largest absolute Gasteiger partial charge is 0.481 e. The Balaban J connectivity index is 1.95. The van der Waals surface area contributed by atoms with E-state index >= 15 is 0 Å². The van der Waals surface area contributed by atoms with E-state index in [1.807, 2.05) is 11.8 Å². The number of anilines is 1. The predicted molar refractivity (Wildman–Crippen MR) is 79.1 cm³/mol. The SMILES string of the molecule is CCc1cc(=O)n2nc(N3CCCC(C(=O)O)C3)sc2n1. The molecule has 0 aromatic carbocycles. The first kappa shape index (κ1) is 14.0. The standard InChI is InChI=1S/C13H16N4O3S/c1-2-9-6-10(18)17-12(14-9)21-13(15-17)16-5-3-4-8(7-16)11(19)20/h6,8H,2-5,7H2,1H3,(H,19,20). The Morgan fingerprint density at radius 1 is 1.57 bits per heavy atom. The highest BCUT2D eigenvalue weighted by Crippen LogP contribution is 2.26. The molecule has 112 valence electrons. The van der Waals surface area contributed by atoms with Crippen molar-refractivity contribution in [3.05, 3.63) is 22.1 Å². The maximum Gasteiger partial charge on any atom is 0.308 e. The second-order valence-electron chi connectivity index (χ2n) is 5.14. The number of hydrogen-bond donors (Lipinski definition) is 1. The molecule has 0 saturated carbocycles. The number of carboxylic acid groups (broad SMARTS) is 1. The Bertz CT molecular complexity index is 739. The van der Waals surface area contributed by atoms with Gasteiger partial charge in [0.1, 0.15) is 0 Å². The first-order chi connectivity index (χ1) is 10.1. The van der Waals surface area contributed by atoms with Crippen LogP contribution < -0.4 is 10.5 Å². The molecule has 0 amide bonds. The zero-order valence-corrected chi connectivity index (χ0v) is 12.5. The summed E-state index contributed by atoms with van der Waals surface area (Å²) in [5.41, 5.74) is 0.559. The third-order valence-electron chi connectivity index (χ3n) is 3.69. The molecule has 0 aliphatic carbocycles. The fourth-order valence-electron chi connectivity index (χ4n) is 2.51. The number of aromatic nitrogens is 3. The van der Waals surface area contributed by atoms with Crippen LogP contribution in [0.5, 0.6) is 0 Å². The molecule has 2 aromatic rings. The summed E-state index contributed by atoms with van der Waals surface area (Å²) in [6.45, 7) is 3.14. The lowest BCUT2D eigenvalue weighted by Gasteiger charge is -2.29. The van der Waals surface area contributed by atoms with Gasteiger partial charge in [-0.3, -0.25) is 9.59 Å². The van der Waals surface area contributed by atoms with Crippen molar-refractivity contribution in [1.82, 2.24) is 14.6 Å². The Morgan fingerprint density at radius 3 is 3.10 bits per heavy atom. The average Bonchev–Trinajstić information content (AvgIpc) is 2.92. The number of hydrogen-bond acceptors (Lipinski definition) is 6. The van der Waals surface area contributed by atoms with Crippen molar-refractivity contribution in [3.63, 3.8) is 0 Å². The highest BCUT2D eigenvalue weighted by Gasteiger charge is 2.27. The summed E-state index contributed by atoms with van der Waals surface area (Å²) in [7, 11) is 0. The highest BCUT2D eigenvalue weighted by atomic mass is 32.1. The number of nitrogens with zero attached hydrogens (tertiary/aromatic N) is 4. The molecule has 7 nitrogen and oxygen atoms in total. The number of rotatable bonds is 3. The smallest absolute Gasteiger partial charge is 0.308 e. The molecule has 1 aliphatic rings. The fraction of sp³-hybridized carbons (Fsp3) is 0.538. The third-order valence-corrected chi connectivity index (χ3v) is 4.66. The molecule has 8 heteroatoms. The minimum absolute atomic E-state index is 0.189. The molecule has 1 fully saturated rings. The molecule has 0 bridgehead atoms. The molecule has 1 atom stereocenters. The summed E-state index contributed by atoms with van der Waals surface area (Å²) in [5.74, 6) is -1.15. The van der Waals surface area contributed by atoms with Gasteiger partial charge < -0.3 is 10.0 Å². The summed E-state index contributed by atoms with van der Waals surface area (Å²) in [4.78, 5) is 30.0. The quantitative estimate of drug-likeness (QED) is 0.910. The van der Waals surface area contributed by atoms with Crippen molar-refractivity contribution in [2.75, 3.05) is 18.0 Å². The monoisotopic (exact) mass is 308 g/mol. The van der Waals surface area contributed by atoms with Crippen molar-refractivity contribution in [3.8, 4) is 0 Å². The van der Waals surface area contributed by atoms with Crippen LogP contribution in [0.25, 0.3) is 4.96 Å². The van der Waals surface area contributed by atoms with Crippen molar-refractivity contribution in [2.24, 2.45) is 5.92 Å². The van der Waals surface area contributed by atoms with Gasteiger partial charge in [-0.1, -0.05) is 18.3 Å². The molecular weight excluding hydrogens is 292 g/mol. The molecular formula is C13H16N4O3S. The topological polar surface area (TPSA) is 87.8 Å². The van der Waals surface area contributed by atoms with Gasteiger partial charge in [-0.15, -0.1) is 5.10 Å². The van der Waals surface area contributed by atoms with Crippen LogP contribution in [0.1, 0.15) is 25.5 Å². The number of piperidine rings is 1. The van der Waals surface area contributed by atoms with Gasteiger partial charge in [-0.2, -0.15) is 4.52 Å². The maximum atomic E-state index is 12.0. The molecule has 1 unspecified atom stereocenters. The van der Waals surface area contributed by atoms with Crippen molar-refractivity contribution < 1.29 is 9.90 Å². The van der Waals surface area contributed by atoms with Crippen molar-refractivity contribution in [2.45, 2.75) is 26.2 Å². The van der Waals surface area contributed by atoms with Crippen molar-refractivity contribution in [1.29, 1.82) is 0 Å². The van der Waals surface area contributed by atoms with Gasteiger partial charge in [-0.25, -0.2) is 4.98 Å². The van der Waals surface area contributed by atoms with Crippen LogP contribution in [0, 0.1) is 5.92 Å². The minimum Gasteiger partial charge on any atom is -0.481 e. The number of fused-ring (bicyclic) bond motifs is 1. The van der Waals surface area contributed by atoms with E-state index in [0.29, 0.717) is 29.5 Å². The summed E-state index contributed by atoms with van der Waals surface area (Å²) < 4.78 is 1.30. The van der Waals surface area contributed by atoms with Crippen LogP contribution in [-0.2, 0) is 11.2 Å². The summed E-state index contributed by atoms with van der Waals surface area (Å²) >= 11 is 1.33. The first-order valence-electron chi connectivity index (χ1n) is 6.96. The van der Waals surface area contributed by atoms with Crippen LogP contribution in [-0.4, -0.2) is 38.8 Å². The lowest BCUT2D eigenvalue weighted by atomic mass is 9.99. The van der Waals surface area contributed by atoms with Gasteiger partial charge in [0.2, 0.25) is 10.1 Å². The lowest BCUT2D eigenvalue weighted by Crippen LogP contribution is -2.38. The van der Waals surface area contributed by atoms with E-state index < -0.39 is 5.97 Å². The molecule has 3 heterocycles. The Hall–Kier alpha value is -1.96. The zero-order valence-electron chi connectivity index (χ0n) is 11.7. The van der Waals surface area contributed by atoms with Crippen LogP contribution in [0.15, 0.2) is 10.9 Å². The predicted octanol–water partition coefficient (Wildman–Crippen LogP) is 1.01. The lowest BCUT2D eigenvalue weighted by molar-refractivity contribution is -0.141. The van der Waals surface area contributed by atoms with Crippen molar-refractivity contribution >= 4 is 27.4 Å². The van der Waals surface area contributed by atoms with Crippen LogP contribution in [0.3, 0.4) is 0 Å². The molecule has 1 aliphatic heterocycles. The Morgan fingerprint density at radius 2 is 2.38 bits per heavy atom. The minimum atomic E-state index is -0.774. The van der Waals surface area contributed by atoms with E-state index in [2.05, 4.69) is 10.1 Å². The van der Waals surface area contributed by atoms with Crippen LogP contribution >= 0.6 is 11.3 Å². The number of carboxylic acids is 1. The van der Waals surface area contributed by atoms with E-state index in [0.717, 1.165) is 18.7 Å². The van der Waals surface area contributed by atoms with Gasteiger partial charge in [0.25, 0.3) is 5.56 Å².